The Balaban J connectivity index is 0.00000324. The van der Waals surface area contributed by atoms with Crippen molar-refractivity contribution in [2.45, 2.75) is 86.0 Å². The molecular weight excluding hydrogens is 577 g/mol. The Morgan fingerprint density at radius 1 is 0.694 bits per heavy atom. The van der Waals surface area contributed by atoms with E-state index < -0.39 is 27.1 Å². The number of hydrogen-bond donors (Lipinski definition) is 1. The third kappa shape index (κ3) is 9.09. The van der Waals surface area contributed by atoms with Gasteiger partial charge >= 0.3 is 220 Å². The summed E-state index contributed by atoms with van der Waals surface area (Å²) in [6.45, 7) is 13.1. The van der Waals surface area contributed by atoms with Crippen LogP contribution in [0.25, 0.3) is 0 Å². The van der Waals surface area contributed by atoms with Crippen molar-refractivity contribution in [3.63, 3.8) is 0 Å². The molecule has 0 bridgehead atoms. The minimum atomic E-state index is -2.16. The third-order valence-electron chi connectivity index (χ3n) is 7.83. The molecule has 1 aliphatic rings. The molecule has 2 aromatic carbocycles. The van der Waals surface area contributed by atoms with E-state index in [0.29, 0.717) is 5.92 Å². The van der Waals surface area contributed by atoms with Crippen molar-refractivity contribution in [2.24, 2.45) is 5.92 Å². The Morgan fingerprint density at radius 2 is 1.17 bits per heavy atom. The first-order valence-electron chi connectivity index (χ1n) is 13.7. The predicted molar refractivity (Wildman–Crippen MR) is 165 cm³/mol. The summed E-state index contributed by atoms with van der Waals surface area (Å²) < 4.78 is 6.19. The minimum Gasteiger partial charge on any atom is -0.147 e. The minimum absolute atomic E-state index is 0. The van der Waals surface area contributed by atoms with E-state index in [0.717, 1.165) is 0 Å². The van der Waals surface area contributed by atoms with Crippen molar-refractivity contribution in [2.75, 3.05) is 6.54 Å². The van der Waals surface area contributed by atoms with Gasteiger partial charge in [-0.15, -0.1) is 24.8 Å². The first-order valence-corrected chi connectivity index (χ1v) is 22.1. The number of halogens is 2. The van der Waals surface area contributed by atoms with Crippen molar-refractivity contribution in [3.8, 4) is 0 Å². The number of allylic oxidation sites excluding steroid dienone is 4. The van der Waals surface area contributed by atoms with Crippen LogP contribution in [-0.2, 0) is 21.2 Å². The molecular formula is C31H48Cl2NSiZr. The van der Waals surface area contributed by atoms with Crippen LogP contribution in [0.3, 0.4) is 0 Å². The first kappa shape index (κ1) is 33.6. The predicted octanol–water partition coefficient (Wildman–Crippen LogP) is 7.89. The second kappa shape index (κ2) is 18.0. The molecule has 36 heavy (non-hydrogen) atoms. The number of rotatable bonds is 14. The molecule has 1 N–H and O–H groups in total. The topological polar surface area (TPSA) is 12.0 Å². The fourth-order valence-electron chi connectivity index (χ4n) is 5.45. The Kier molecular flexibility index (Phi) is 16.8. The number of unbranched alkanes of at least 4 members (excludes halogenated alkanes) is 7. The number of nitrogens with one attached hydrogen (secondary N) is 1. The van der Waals surface area contributed by atoms with Crippen molar-refractivity contribution < 1.29 is 21.2 Å². The normalized spacial score (nSPS) is 15.2. The van der Waals surface area contributed by atoms with E-state index in [9.17, 15) is 0 Å². The Labute approximate surface area is 243 Å². The molecule has 199 valence electrons. The van der Waals surface area contributed by atoms with Gasteiger partial charge in [0, 0.05) is 0 Å². The summed E-state index contributed by atoms with van der Waals surface area (Å²) in [5.74, 6) is -0.713. The molecule has 0 spiro atoms. The van der Waals surface area contributed by atoms with E-state index in [2.05, 4.69) is 98.5 Å². The SMILES string of the molecule is CCCCCCCCCC[NH][Zr]([C]1=C(C)C(C)=C(C)C1C)[SiH](c1ccccc1)c1ccccc1.Cl.Cl. The molecule has 1 aliphatic carbocycles. The Morgan fingerprint density at radius 3 is 1.61 bits per heavy atom. The molecule has 3 rings (SSSR count). The van der Waals surface area contributed by atoms with Crippen molar-refractivity contribution in [1.82, 2.24) is 3.26 Å². The van der Waals surface area contributed by atoms with E-state index in [4.69, 9.17) is 0 Å². The first-order chi connectivity index (χ1) is 16.6. The largest absolute Gasteiger partial charge is 0.147 e. The molecule has 0 aromatic heterocycles. The van der Waals surface area contributed by atoms with Crippen LogP contribution in [0, 0.1) is 5.92 Å². The van der Waals surface area contributed by atoms with Gasteiger partial charge in [0.25, 0.3) is 0 Å². The quantitative estimate of drug-likeness (QED) is 0.167. The standard InChI is InChI=1S/C12H11Si.C10H22N.C9H13.2ClH.Zr/c1-3-7-11(8-4-1)13-12-9-5-2-6-10-12;1-2-3-4-5-6-7-8-9-10-11;1-6-5-7(2)9(4)8(6)3;;;/h1-10,13H;11H,2-10H2,1H3;6H,1-4H3;2*1H;/q;-1;;;;+1. The van der Waals surface area contributed by atoms with Gasteiger partial charge in [0.2, 0.25) is 0 Å². The van der Waals surface area contributed by atoms with Gasteiger partial charge in [0.05, 0.1) is 0 Å². The molecule has 0 saturated carbocycles. The zero-order valence-corrected chi connectivity index (χ0v) is 28.4. The van der Waals surface area contributed by atoms with Gasteiger partial charge in [-0.05, 0) is 0 Å². The molecule has 1 unspecified atom stereocenters. The average Bonchev–Trinajstić information content (AvgIpc) is 3.06. The summed E-state index contributed by atoms with van der Waals surface area (Å²) in [4.78, 5) is 0. The maximum atomic E-state index is 4.35. The van der Waals surface area contributed by atoms with Gasteiger partial charge in [-0.1, -0.05) is 0 Å². The summed E-state index contributed by atoms with van der Waals surface area (Å²) in [5.41, 5.74) is 4.78. The second-order valence-corrected chi connectivity index (χ2v) is 24.2. The van der Waals surface area contributed by atoms with E-state index in [1.54, 1.807) is 27.1 Å². The fraction of sp³-hybridized carbons (Fsp3) is 0.484. The summed E-state index contributed by atoms with van der Waals surface area (Å²) in [5, 5.41) is 3.25. The zero-order chi connectivity index (χ0) is 24.3. The van der Waals surface area contributed by atoms with Crippen LogP contribution in [0.15, 0.2) is 80.7 Å². The summed E-state index contributed by atoms with van der Waals surface area (Å²) >= 11 is -2.16. The van der Waals surface area contributed by atoms with Crippen molar-refractivity contribution >= 4 is 41.1 Å². The van der Waals surface area contributed by atoms with Crippen LogP contribution >= 0.6 is 24.8 Å². The van der Waals surface area contributed by atoms with Crippen LogP contribution in [0.2, 0.25) is 0 Å². The van der Waals surface area contributed by atoms with Gasteiger partial charge in [-0.2, -0.15) is 0 Å². The van der Waals surface area contributed by atoms with Gasteiger partial charge in [-0.25, -0.2) is 0 Å². The molecule has 0 radical (unpaired) electrons. The van der Waals surface area contributed by atoms with E-state index in [1.807, 2.05) is 3.28 Å². The van der Waals surface area contributed by atoms with Crippen molar-refractivity contribution in [3.05, 3.63) is 80.7 Å². The smallest absolute Gasteiger partial charge is 0.147 e. The molecule has 0 saturated heterocycles. The van der Waals surface area contributed by atoms with Crippen LogP contribution in [0.1, 0.15) is 86.0 Å². The molecule has 1 atom stereocenters. The fourth-order valence-corrected chi connectivity index (χ4v) is 28.1. The van der Waals surface area contributed by atoms with Crippen LogP contribution in [-0.4, -0.2) is 12.5 Å². The molecule has 1 nitrogen and oxygen atoms in total. The summed E-state index contributed by atoms with van der Waals surface area (Å²) in [7, 11) is 0. The maximum absolute atomic E-state index is 4.35. The monoisotopic (exact) mass is 622 g/mol. The van der Waals surface area contributed by atoms with E-state index in [-0.39, 0.29) is 24.8 Å². The second-order valence-electron chi connectivity index (χ2n) is 10.1. The van der Waals surface area contributed by atoms with Gasteiger partial charge in [0.15, 0.2) is 0 Å². The number of benzene rings is 2. The van der Waals surface area contributed by atoms with Crippen LogP contribution < -0.4 is 13.6 Å². The molecule has 2 aromatic rings. The van der Waals surface area contributed by atoms with E-state index >= 15 is 0 Å². The average molecular weight is 625 g/mol. The molecule has 0 heterocycles. The molecule has 0 amide bonds. The zero-order valence-electron chi connectivity index (χ0n) is 23.1. The van der Waals surface area contributed by atoms with Crippen LogP contribution in [0.4, 0.5) is 0 Å². The molecule has 0 aliphatic heterocycles. The Hall–Kier alpha value is -0.440. The number of hydrogen-bond acceptors (Lipinski definition) is 1. The van der Waals surface area contributed by atoms with Crippen molar-refractivity contribution in [1.29, 1.82) is 0 Å². The Bertz CT molecular complexity index is 906. The maximum Gasteiger partial charge on any atom is -0.147 e. The van der Waals surface area contributed by atoms with Gasteiger partial charge < -0.3 is 0 Å². The van der Waals surface area contributed by atoms with Crippen LogP contribution in [0.5, 0.6) is 0 Å². The molecule has 0 fully saturated rings. The summed E-state index contributed by atoms with van der Waals surface area (Å²) in [6, 6.07) is 23.1. The van der Waals surface area contributed by atoms with Gasteiger partial charge in [0.1, 0.15) is 0 Å². The van der Waals surface area contributed by atoms with E-state index in [1.165, 1.54) is 57.9 Å². The van der Waals surface area contributed by atoms with Gasteiger partial charge in [-0.3, -0.25) is 0 Å². The third-order valence-corrected chi connectivity index (χ3v) is 27.7. The summed E-state index contributed by atoms with van der Waals surface area (Å²) in [6.07, 6.45) is 11.1. The molecule has 5 heteroatoms.